The molecule has 18 nitrogen and oxygen atoms in total. The summed E-state index contributed by atoms with van der Waals surface area (Å²) in [5, 5.41) is 110. The van der Waals surface area contributed by atoms with Gasteiger partial charge in [0, 0.05) is 31.1 Å². The van der Waals surface area contributed by atoms with E-state index in [-0.39, 0.29) is 44.6 Å². The van der Waals surface area contributed by atoms with E-state index in [1.54, 1.807) is 99.7 Å². The Morgan fingerprint density at radius 2 is 1.19 bits per heavy atom. The van der Waals surface area contributed by atoms with Crippen LogP contribution in [0.15, 0.2) is 115 Å². The first-order valence-corrected chi connectivity index (χ1v) is 24.9. The van der Waals surface area contributed by atoms with Crippen LogP contribution in [0, 0.1) is 17.8 Å². The van der Waals surface area contributed by atoms with E-state index in [1.165, 1.54) is 0 Å². The van der Waals surface area contributed by atoms with Gasteiger partial charge in [-0.15, -0.1) is 0 Å². The van der Waals surface area contributed by atoms with Crippen LogP contribution in [0.5, 0.6) is 0 Å². The number of fused-ring (bicyclic) bond motifs is 2. The molecular weight excluding hydrogens is 935 g/mol. The van der Waals surface area contributed by atoms with Crippen molar-refractivity contribution in [3.8, 4) is 0 Å². The van der Waals surface area contributed by atoms with Gasteiger partial charge in [-0.2, -0.15) is 0 Å². The lowest BCUT2D eigenvalue weighted by Gasteiger charge is -2.43. The first-order chi connectivity index (χ1) is 34.3. The SMILES string of the molecule is C[C@@H]1[C@H](O)[C@@H](C)/C=C/C=C/C=C/C=C/C=C/C=C/C=C/[C@H](O[C@@H]2O[C@H](C)[C@@H](O)[C@H](N)[C@@H]2O)C[C@@H]2OC(C[C@H](O)[C@H]2C(=O)OCc2ccccc2)[C@H](O)[C@@H](O)C[C@@H](O)[C@H](O)CC[C@@H](O)C[C@@H](O)CC(=O)O[C@H]1C. The number of aliphatic hydroxyl groups is 10. The zero-order chi connectivity index (χ0) is 52.9. The average Bonchev–Trinajstić information content (AvgIpc) is 3.34. The van der Waals surface area contributed by atoms with Gasteiger partial charge in [-0.1, -0.05) is 129 Å². The molecule has 402 valence electrons. The molecule has 0 radical (unpaired) electrons. The number of nitrogens with two attached hydrogens (primary N) is 1. The lowest BCUT2D eigenvalue weighted by Crippen LogP contribution is -2.61. The fraction of sp³-hybridized carbons (Fsp3) is 0.593. The van der Waals surface area contributed by atoms with Gasteiger partial charge in [-0.25, -0.2) is 0 Å². The van der Waals surface area contributed by atoms with Crippen molar-refractivity contribution in [2.75, 3.05) is 0 Å². The number of ether oxygens (including phenoxy) is 5. The highest BCUT2D eigenvalue weighted by Gasteiger charge is 2.48. The summed E-state index contributed by atoms with van der Waals surface area (Å²) < 4.78 is 29.5. The number of hydrogen-bond acceptors (Lipinski definition) is 18. The van der Waals surface area contributed by atoms with Crippen molar-refractivity contribution < 1.29 is 84.3 Å². The van der Waals surface area contributed by atoms with Gasteiger partial charge in [0.25, 0.3) is 0 Å². The molecule has 3 heterocycles. The molecule has 20 atom stereocenters. The molecule has 0 aliphatic carbocycles. The molecule has 2 fully saturated rings. The number of allylic oxidation sites excluding steroid dienone is 12. The highest BCUT2D eigenvalue weighted by molar-refractivity contribution is 5.74. The van der Waals surface area contributed by atoms with E-state index >= 15 is 0 Å². The largest absolute Gasteiger partial charge is 0.462 e. The molecule has 18 heteroatoms. The number of carbonyl (C=O) groups is 2. The van der Waals surface area contributed by atoms with Crippen LogP contribution in [0.25, 0.3) is 0 Å². The second-order valence-corrected chi connectivity index (χ2v) is 19.2. The molecule has 2 bridgehead atoms. The van der Waals surface area contributed by atoms with Gasteiger partial charge in [0.05, 0.1) is 85.7 Å². The Kier molecular flexibility index (Phi) is 25.9. The topological polar surface area (TPSA) is 309 Å². The van der Waals surface area contributed by atoms with E-state index in [0.29, 0.717) is 5.56 Å². The minimum Gasteiger partial charge on any atom is -0.462 e. The Balaban J connectivity index is 1.60. The van der Waals surface area contributed by atoms with E-state index in [4.69, 9.17) is 29.4 Å². The van der Waals surface area contributed by atoms with Crippen LogP contribution in [-0.4, -0.2) is 167 Å². The summed E-state index contributed by atoms with van der Waals surface area (Å²) in [6.07, 6.45) is 1.91. The van der Waals surface area contributed by atoms with Crippen molar-refractivity contribution in [1.82, 2.24) is 0 Å². The van der Waals surface area contributed by atoms with E-state index in [0.717, 1.165) is 0 Å². The lowest BCUT2D eigenvalue weighted by atomic mass is 9.83. The van der Waals surface area contributed by atoms with Crippen molar-refractivity contribution in [2.45, 2.75) is 183 Å². The minimum atomic E-state index is -1.77. The Morgan fingerprint density at radius 1 is 0.597 bits per heavy atom. The Hall–Kier alpha value is -4.22. The number of carbonyl (C=O) groups excluding carboxylic acids is 2. The van der Waals surface area contributed by atoms with Crippen molar-refractivity contribution in [2.24, 2.45) is 23.5 Å². The van der Waals surface area contributed by atoms with E-state index < -0.39 is 141 Å². The van der Waals surface area contributed by atoms with Crippen molar-refractivity contribution >= 4 is 11.9 Å². The van der Waals surface area contributed by atoms with Gasteiger partial charge in [0.1, 0.15) is 30.8 Å². The molecule has 0 saturated carbocycles. The molecule has 3 aliphatic heterocycles. The molecule has 1 unspecified atom stereocenters. The van der Waals surface area contributed by atoms with Crippen LogP contribution < -0.4 is 5.73 Å². The van der Waals surface area contributed by atoms with Gasteiger partial charge in [-0.05, 0) is 38.7 Å². The number of cyclic esters (lactones) is 1. The van der Waals surface area contributed by atoms with Gasteiger partial charge >= 0.3 is 11.9 Å². The third-order valence-electron chi connectivity index (χ3n) is 13.3. The van der Waals surface area contributed by atoms with E-state index in [1.807, 2.05) is 43.4 Å². The fourth-order valence-electron chi connectivity index (χ4n) is 8.67. The zero-order valence-electron chi connectivity index (χ0n) is 41.6. The van der Waals surface area contributed by atoms with Crippen LogP contribution >= 0.6 is 0 Å². The van der Waals surface area contributed by atoms with Crippen molar-refractivity contribution in [3.05, 3.63) is 121 Å². The predicted octanol–water partition coefficient (Wildman–Crippen LogP) is 2.02. The lowest BCUT2D eigenvalue weighted by molar-refractivity contribution is -0.280. The Morgan fingerprint density at radius 3 is 1.82 bits per heavy atom. The number of benzene rings is 1. The van der Waals surface area contributed by atoms with Crippen molar-refractivity contribution in [1.29, 1.82) is 0 Å². The highest BCUT2D eigenvalue weighted by atomic mass is 16.7. The first-order valence-electron chi connectivity index (χ1n) is 24.9. The number of hydrogen-bond donors (Lipinski definition) is 11. The van der Waals surface area contributed by atoms with E-state index in [2.05, 4.69) is 0 Å². The van der Waals surface area contributed by atoms with Crippen molar-refractivity contribution in [3.63, 3.8) is 0 Å². The van der Waals surface area contributed by atoms with Crippen LogP contribution in [0.3, 0.4) is 0 Å². The summed E-state index contributed by atoms with van der Waals surface area (Å²) in [5.74, 6) is -3.64. The highest BCUT2D eigenvalue weighted by Crippen LogP contribution is 2.34. The average molecular weight is 1010 g/mol. The van der Waals surface area contributed by atoms with Gasteiger partial charge in [-0.3, -0.25) is 9.59 Å². The monoisotopic (exact) mass is 1010 g/mol. The molecule has 1 aromatic rings. The second kappa shape index (κ2) is 30.9. The molecule has 0 aromatic heterocycles. The first kappa shape index (κ1) is 60.3. The predicted molar refractivity (Wildman–Crippen MR) is 266 cm³/mol. The quantitative estimate of drug-likeness (QED) is 0.188. The van der Waals surface area contributed by atoms with Crippen LogP contribution in [0.2, 0.25) is 0 Å². The Labute approximate surface area is 422 Å². The summed E-state index contributed by atoms with van der Waals surface area (Å²) in [7, 11) is 0. The smallest absolute Gasteiger partial charge is 0.314 e. The van der Waals surface area contributed by atoms with Crippen LogP contribution in [-0.2, 0) is 39.9 Å². The number of rotatable bonds is 5. The van der Waals surface area contributed by atoms with Crippen LogP contribution in [0.4, 0.5) is 0 Å². The molecule has 72 heavy (non-hydrogen) atoms. The molecule has 0 amide bonds. The van der Waals surface area contributed by atoms with Crippen LogP contribution in [0.1, 0.15) is 78.2 Å². The summed E-state index contributed by atoms with van der Waals surface area (Å²) >= 11 is 0. The number of aliphatic hydroxyl groups excluding tert-OH is 10. The van der Waals surface area contributed by atoms with E-state index in [9.17, 15) is 60.7 Å². The molecule has 12 N–H and O–H groups in total. The summed E-state index contributed by atoms with van der Waals surface area (Å²) in [6.45, 7) is 6.66. The van der Waals surface area contributed by atoms with Gasteiger partial charge in [0.15, 0.2) is 6.29 Å². The maximum Gasteiger partial charge on any atom is 0.314 e. The third-order valence-corrected chi connectivity index (χ3v) is 13.3. The maximum absolute atomic E-state index is 13.9. The number of esters is 2. The molecule has 2 saturated heterocycles. The maximum atomic E-state index is 13.9. The Bertz CT molecular complexity index is 1970. The molecule has 4 rings (SSSR count). The van der Waals surface area contributed by atoms with Gasteiger partial charge in [0.2, 0.25) is 0 Å². The molecule has 1 aromatic carbocycles. The summed E-state index contributed by atoms with van der Waals surface area (Å²) in [4.78, 5) is 26.6. The zero-order valence-corrected chi connectivity index (χ0v) is 41.6. The minimum absolute atomic E-state index is 0.115. The van der Waals surface area contributed by atoms with Gasteiger partial charge < -0.3 is 80.5 Å². The molecule has 0 spiro atoms. The standard InChI is InChI=1S/C54H79NO17/c1-32-20-16-13-11-9-7-5-6-8-10-12-14-19-23-39(71-54-52(66)48(55)50(64)35(4)70-54)28-44-47(53(67)68-31-36-21-17-15-18-22-36)42(60)30-45(72-44)51(65)43(61)29-41(59)40(58)25-24-37(56)26-38(57)27-46(62)69-34(3)33(2)49(32)63/h5-23,32-35,37-45,47-52,54,56-61,63-66H,24-31,55H2,1-4H3/b6-5+,9-7+,10-8+,13-11+,14-12+,20-16+,23-19+/t32-,33-,34-,35+,37+,38+,39-,40+,41+,42-,43-,44-,45?,47+,48-,49+,50+,51+,52-,54-/m0/s1. The summed E-state index contributed by atoms with van der Waals surface area (Å²) in [6, 6.07) is 7.72. The second-order valence-electron chi connectivity index (χ2n) is 19.2. The third kappa shape index (κ3) is 19.6. The summed E-state index contributed by atoms with van der Waals surface area (Å²) in [5.41, 5.74) is 6.80. The molecular formula is C54H79NO17. The molecule has 3 aliphatic rings. The normalized spacial score (nSPS) is 42.1. The fourth-order valence-corrected chi connectivity index (χ4v) is 8.67.